The normalized spacial score (nSPS) is 11.3. The van der Waals surface area contributed by atoms with Gasteiger partial charge < -0.3 is 9.05 Å². The van der Waals surface area contributed by atoms with E-state index in [-0.39, 0.29) is 18.6 Å². The maximum Gasteiger partial charge on any atom is 0.383 e. The molecule has 0 saturated carbocycles. The molecule has 0 saturated heterocycles. The van der Waals surface area contributed by atoms with Crippen molar-refractivity contribution in [2.75, 3.05) is 13.2 Å². The summed E-state index contributed by atoms with van der Waals surface area (Å²) in [6.45, 7) is 5.79. The zero-order valence-electron chi connectivity index (χ0n) is 18.1. The number of rotatable bonds is 6. The molecule has 0 unspecified atom stereocenters. The highest BCUT2D eigenvalue weighted by Crippen LogP contribution is 2.48. The summed E-state index contributed by atoms with van der Waals surface area (Å²) in [6, 6.07) is 19.2. The molecule has 0 bridgehead atoms. The van der Waals surface area contributed by atoms with Crippen LogP contribution in [-0.2, 0) is 13.6 Å². The lowest BCUT2D eigenvalue weighted by Crippen LogP contribution is -2.22. The van der Waals surface area contributed by atoms with Gasteiger partial charge in [-0.15, -0.1) is 10.2 Å². The fraction of sp³-hybridized carbons (Fsp3) is 0.208. The first-order valence-electron chi connectivity index (χ1n) is 10.4. The zero-order chi connectivity index (χ0) is 22.6. The smallest absolute Gasteiger partial charge is 0.304 e. The Balaban J connectivity index is 1.98. The van der Waals surface area contributed by atoms with Gasteiger partial charge in [0.05, 0.1) is 24.5 Å². The van der Waals surface area contributed by atoms with Crippen molar-refractivity contribution in [2.45, 2.75) is 20.8 Å². The van der Waals surface area contributed by atoms with Crippen molar-refractivity contribution < 1.29 is 13.6 Å². The quantitative estimate of drug-likeness (QED) is 0.323. The van der Waals surface area contributed by atoms with E-state index in [1.54, 1.807) is 18.4 Å². The Bertz CT molecular complexity index is 1330. The van der Waals surface area contributed by atoms with Crippen molar-refractivity contribution in [3.8, 4) is 23.1 Å². The Morgan fingerprint density at radius 3 is 2.16 bits per heavy atom. The molecule has 8 heteroatoms. The number of hydrogen-bond acceptors (Lipinski definition) is 6. The van der Waals surface area contributed by atoms with Crippen molar-refractivity contribution in [3.05, 3.63) is 77.5 Å². The second-order valence-electron chi connectivity index (χ2n) is 6.88. The van der Waals surface area contributed by atoms with Gasteiger partial charge in [-0.1, -0.05) is 60.4 Å². The van der Waals surface area contributed by atoms with Gasteiger partial charge in [0.2, 0.25) is 5.44 Å². The molecule has 0 fully saturated rings. The molecule has 162 valence electrons. The van der Waals surface area contributed by atoms with E-state index >= 15 is 0 Å². The Hall–Kier alpha value is -3.30. The summed E-state index contributed by atoms with van der Waals surface area (Å²) < 4.78 is 26.4. The van der Waals surface area contributed by atoms with Crippen LogP contribution in [0.4, 0.5) is 0 Å². The molecule has 32 heavy (non-hydrogen) atoms. The lowest BCUT2D eigenvalue weighted by atomic mass is 10.1. The highest BCUT2D eigenvalue weighted by atomic mass is 31.2. The summed E-state index contributed by atoms with van der Waals surface area (Å²) in [4.78, 5) is 0. The van der Waals surface area contributed by atoms with Gasteiger partial charge in [-0.05, 0) is 32.9 Å². The fourth-order valence-corrected chi connectivity index (χ4v) is 4.97. The van der Waals surface area contributed by atoms with Gasteiger partial charge in [0.1, 0.15) is 5.69 Å². The largest absolute Gasteiger partial charge is 0.383 e. The van der Waals surface area contributed by atoms with E-state index in [9.17, 15) is 4.57 Å². The fourth-order valence-electron chi connectivity index (χ4n) is 3.33. The predicted octanol–water partition coefficient (Wildman–Crippen LogP) is 4.39. The lowest BCUT2D eigenvalue weighted by molar-refractivity contribution is 0.229. The molecule has 4 aromatic rings. The van der Waals surface area contributed by atoms with Crippen LogP contribution < -0.4 is 5.44 Å². The average molecular weight is 446 g/mol. The van der Waals surface area contributed by atoms with E-state index in [1.165, 1.54) is 0 Å². The molecular weight excluding hydrogens is 423 g/mol. The lowest BCUT2D eigenvalue weighted by Gasteiger charge is -2.19. The number of aryl methyl sites for hydroxylation is 1. The highest BCUT2D eigenvalue weighted by molar-refractivity contribution is 7.62. The number of aromatic nitrogens is 4. The van der Waals surface area contributed by atoms with Gasteiger partial charge >= 0.3 is 7.60 Å². The van der Waals surface area contributed by atoms with Gasteiger partial charge in [0, 0.05) is 11.1 Å². The molecule has 0 atom stereocenters. The van der Waals surface area contributed by atoms with Crippen LogP contribution in [0.1, 0.15) is 30.7 Å². The van der Waals surface area contributed by atoms with Crippen LogP contribution in [-0.4, -0.2) is 33.0 Å². The molecule has 4 rings (SSSR count). The molecule has 2 aromatic carbocycles. The first-order valence-corrected chi connectivity index (χ1v) is 11.9. The van der Waals surface area contributed by atoms with Crippen LogP contribution in [0.5, 0.6) is 0 Å². The molecule has 0 aliphatic heterocycles. The summed E-state index contributed by atoms with van der Waals surface area (Å²) in [6.07, 6.45) is 0. The van der Waals surface area contributed by atoms with Gasteiger partial charge in [-0.25, -0.2) is 4.52 Å². The topological polar surface area (TPSA) is 78.6 Å². The zero-order valence-corrected chi connectivity index (χ0v) is 19.0. The molecule has 2 heterocycles. The van der Waals surface area contributed by atoms with Crippen LogP contribution in [0.2, 0.25) is 0 Å². The first-order chi connectivity index (χ1) is 15.6. The monoisotopic (exact) mass is 446 g/mol. The number of nitrogens with zero attached hydrogens (tertiary/aromatic N) is 4. The molecule has 0 N–H and O–H groups in total. The van der Waals surface area contributed by atoms with Gasteiger partial charge in [-0.2, -0.15) is 5.10 Å². The van der Waals surface area contributed by atoms with E-state index < -0.39 is 7.60 Å². The minimum atomic E-state index is -3.72. The summed E-state index contributed by atoms with van der Waals surface area (Å²) in [5.74, 6) is 6.32. The molecule has 0 aliphatic rings. The predicted molar refractivity (Wildman–Crippen MR) is 124 cm³/mol. The SMILES string of the molecule is CCOP(=O)(OCC)c1nnc2c(C#Cc3ccccc3)c(C)nn2c1-c1ccccc1. The molecule has 0 radical (unpaired) electrons. The van der Waals surface area contributed by atoms with Crippen LogP contribution in [0.15, 0.2) is 60.7 Å². The minimum Gasteiger partial charge on any atom is -0.304 e. The molecule has 7 nitrogen and oxygen atoms in total. The van der Waals surface area contributed by atoms with Crippen LogP contribution >= 0.6 is 7.60 Å². The van der Waals surface area contributed by atoms with Crippen LogP contribution in [0.3, 0.4) is 0 Å². The summed E-state index contributed by atoms with van der Waals surface area (Å²) >= 11 is 0. The second kappa shape index (κ2) is 9.46. The van der Waals surface area contributed by atoms with Crippen molar-refractivity contribution in [3.63, 3.8) is 0 Å². The summed E-state index contributed by atoms with van der Waals surface area (Å²) in [5, 5.41) is 13.4. The van der Waals surface area contributed by atoms with Crippen molar-refractivity contribution >= 4 is 18.7 Å². The van der Waals surface area contributed by atoms with E-state index in [4.69, 9.17) is 9.05 Å². The number of hydrogen-bond donors (Lipinski definition) is 0. The van der Waals surface area contributed by atoms with Gasteiger partial charge in [-0.3, -0.25) is 4.57 Å². The Labute approximate surface area is 187 Å². The Morgan fingerprint density at radius 1 is 0.906 bits per heavy atom. The van der Waals surface area contributed by atoms with Crippen molar-refractivity contribution in [1.29, 1.82) is 0 Å². The second-order valence-corrected chi connectivity index (χ2v) is 8.82. The summed E-state index contributed by atoms with van der Waals surface area (Å²) in [7, 11) is -3.72. The van der Waals surface area contributed by atoms with Crippen LogP contribution in [0, 0.1) is 18.8 Å². The molecule has 0 amide bonds. The molecule has 0 aliphatic carbocycles. The molecule has 0 spiro atoms. The van der Waals surface area contributed by atoms with E-state index in [1.807, 2.05) is 67.6 Å². The van der Waals surface area contributed by atoms with E-state index in [0.29, 0.717) is 22.6 Å². The van der Waals surface area contributed by atoms with E-state index in [2.05, 4.69) is 27.1 Å². The minimum absolute atomic E-state index is 0.130. The standard InChI is InChI=1S/C24H23N4O3P/c1-4-30-32(29,31-5-2)24-22(20-14-10-7-11-15-20)28-23(25-26-24)21(18(3)27-28)17-16-19-12-8-6-9-13-19/h6-15H,4-5H2,1-3H3. The van der Waals surface area contributed by atoms with Crippen LogP contribution in [0.25, 0.3) is 16.9 Å². The highest BCUT2D eigenvalue weighted by Gasteiger charge is 2.35. The van der Waals surface area contributed by atoms with Crippen molar-refractivity contribution in [2.24, 2.45) is 0 Å². The van der Waals surface area contributed by atoms with Gasteiger partial charge in [0.15, 0.2) is 5.65 Å². The molecular formula is C24H23N4O3P. The number of fused-ring (bicyclic) bond motifs is 1. The third-order valence-corrected chi connectivity index (χ3v) is 6.73. The third-order valence-electron chi connectivity index (χ3n) is 4.71. The summed E-state index contributed by atoms with van der Waals surface area (Å²) in [5.41, 5.74) is 4.13. The maximum atomic E-state index is 13.6. The maximum absolute atomic E-state index is 13.6. The third kappa shape index (κ3) is 4.21. The first kappa shape index (κ1) is 21.9. The van der Waals surface area contributed by atoms with E-state index in [0.717, 1.165) is 11.1 Å². The van der Waals surface area contributed by atoms with Crippen molar-refractivity contribution in [1.82, 2.24) is 19.8 Å². The number of benzene rings is 2. The Kier molecular flexibility index (Phi) is 6.48. The Morgan fingerprint density at radius 2 is 1.53 bits per heavy atom. The molecule has 2 aromatic heterocycles. The average Bonchev–Trinajstić information content (AvgIpc) is 3.13. The van der Waals surface area contributed by atoms with Gasteiger partial charge in [0.25, 0.3) is 0 Å².